The van der Waals surface area contributed by atoms with Gasteiger partial charge in [-0.05, 0) is 30.6 Å². The summed E-state index contributed by atoms with van der Waals surface area (Å²) in [4.78, 5) is 26.4. The first-order valence-corrected chi connectivity index (χ1v) is 6.95. The van der Waals surface area contributed by atoms with Crippen LogP contribution in [-0.4, -0.2) is 27.4 Å². The molecule has 7 nitrogen and oxygen atoms in total. The van der Waals surface area contributed by atoms with Gasteiger partial charge in [-0.2, -0.15) is 4.37 Å². The topological polar surface area (TPSA) is 95.2 Å². The number of rotatable bonds is 4. The van der Waals surface area contributed by atoms with Crippen molar-refractivity contribution in [2.75, 3.05) is 7.11 Å². The van der Waals surface area contributed by atoms with Crippen LogP contribution in [0.1, 0.15) is 16.2 Å². The van der Waals surface area contributed by atoms with Gasteiger partial charge in [-0.15, -0.1) is 0 Å². The van der Waals surface area contributed by atoms with E-state index in [-0.39, 0.29) is 11.3 Å². The Labute approximate surface area is 122 Å². The minimum Gasteiger partial charge on any atom is -0.465 e. The maximum absolute atomic E-state index is 11.5. The van der Waals surface area contributed by atoms with Crippen molar-refractivity contribution in [2.45, 2.75) is 16.2 Å². The summed E-state index contributed by atoms with van der Waals surface area (Å²) in [5, 5.41) is 11.0. The van der Waals surface area contributed by atoms with E-state index in [9.17, 15) is 14.9 Å². The average Bonchev–Trinajstić information content (AvgIpc) is 2.82. The standard InChI is InChI=1S/C11H9N3O4S2/c1-6-12-11(20-13-6)19-9-5-7(10(15)18-2)3-4-8(9)14(16)17/h3-5H,1-2H3. The fourth-order valence-corrected chi connectivity index (χ4v) is 3.16. The van der Waals surface area contributed by atoms with Crippen molar-refractivity contribution in [2.24, 2.45) is 0 Å². The van der Waals surface area contributed by atoms with Crippen LogP contribution < -0.4 is 0 Å². The average molecular weight is 311 g/mol. The molecule has 0 aliphatic heterocycles. The van der Waals surface area contributed by atoms with Crippen LogP contribution in [0, 0.1) is 17.0 Å². The number of carbonyl (C=O) groups is 1. The van der Waals surface area contributed by atoms with Crippen LogP contribution in [0.5, 0.6) is 0 Å². The van der Waals surface area contributed by atoms with E-state index in [1.54, 1.807) is 6.92 Å². The summed E-state index contributed by atoms with van der Waals surface area (Å²) in [6, 6.07) is 4.06. The summed E-state index contributed by atoms with van der Waals surface area (Å²) in [7, 11) is 1.25. The number of nitrogens with zero attached hydrogens (tertiary/aromatic N) is 3. The molecule has 0 aliphatic rings. The van der Waals surface area contributed by atoms with Gasteiger partial charge < -0.3 is 4.74 Å². The lowest BCUT2D eigenvalue weighted by Crippen LogP contribution is -2.02. The highest BCUT2D eigenvalue weighted by Gasteiger charge is 2.19. The number of nitro benzene ring substituents is 1. The van der Waals surface area contributed by atoms with Gasteiger partial charge in [-0.3, -0.25) is 10.1 Å². The van der Waals surface area contributed by atoms with Crippen LogP contribution in [0.4, 0.5) is 5.69 Å². The molecule has 0 radical (unpaired) electrons. The van der Waals surface area contributed by atoms with Crippen molar-refractivity contribution >= 4 is 35.0 Å². The molecule has 104 valence electrons. The number of ether oxygens (including phenoxy) is 1. The number of methoxy groups -OCH3 is 1. The van der Waals surface area contributed by atoms with Crippen molar-refractivity contribution in [1.82, 2.24) is 9.36 Å². The van der Waals surface area contributed by atoms with E-state index in [0.29, 0.717) is 15.1 Å². The minimum atomic E-state index is -0.546. The molecule has 0 fully saturated rings. The molecule has 1 aromatic carbocycles. The predicted octanol–water partition coefficient (Wildman–Crippen LogP) is 2.69. The monoisotopic (exact) mass is 311 g/mol. The van der Waals surface area contributed by atoms with E-state index in [1.165, 1.54) is 25.3 Å². The number of carbonyl (C=O) groups excluding carboxylic acids is 1. The lowest BCUT2D eigenvalue weighted by atomic mass is 10.2. The summed E-state index contributed by atoms with van der Waals surface area (Å²) < 4.78 is 9.19. The fraction of sp³-hybridized carbons (Fsp3) is 0.182. The maximum atomic E-state index is 11.5. The first-order valence-electron chi connectivity index (χ1n) is 5.36. The Morgan fingerprint density at radius 3 is 2.80 bits per heavy atom. The van der Waals surface area contributed by atoms with Crippen LogP contribution in [0.25, 0.3) is 0 Å². The molecular formula is C11H9N3O4S2. The summed E-state index contributed by atoms with van der Waals surface area (Å²) in [6.07, 6.45) is 0. The van der Waals surface area contributed by atoms with E-state index in [2.05, 4.69) is 14.1 Å². The van der Waals surface area contributed by atoms with E-state index in [4.69, 9.17) is 0 Å². The Hall–Kier alpha value is -2.00. The van der Waals surface area contributed by atoms with E-state index in [0.717, 1.165) is 23.3 Å². The third kappa shape index (κ3) is 3.11. The molecule has 1 heterocycles. The molecule has 0 N–H and O–H groups in total. The molecule has 1 aromatic heterocycles. The molecule has 0 bridgehead atoms. The zero-order valence-corrected chi connectivity index (χ0v) is 12.2. The smallest absolute Gasteiger partial charge is 0.337 e. The molecule has 0 saturated carbocycles. The summed E-state index contributed by atoms with van der Waals surface area (Å²) in [6.45, 7) is 1.74. The zero-order chi connectivity index (χ0) is 14.7. The first-order chi connectivity index (χ1) is 9.51. The zero-order valence-electron chi connectivity index (χ0n) is 10.5. The van der Waals surface area contributed by atoms with Crippen molar-refractivity contribution < 1.29 is 14.5 Å². The second-order valence-electron chi connectivity index (χ2n) is 3.64. The largest absolute Gasteiger partial charge is 0.465 e. The highest BCUT2D eigenvalue weighted by atomic mass is 32.2. The predicted molar refractivity (Wildman–Crippen MR) is 73.2 cm³/mol. The minimum absolute atomic E-state index is 0.0875. The van der Waals surface area contributed by atoms with Gasteiger partial charge >= 0.3 is 5.97 Å². The summed E-state index contributed by atoms with van der Waals surface area (Å²) in [5.41, 5.74) is 0.164. The van der Waals surface area contributed by atoms with Crippen LogP contribution in [-0.2, 0) is 4.74 Å². The molecule has 0 spiro atoms. The first kappa shape index (κ1) is 14.4. The second kappa shape index (κ2) is 5.97. The Balaban J connectivity index is 2.41. The van der Waals surface area contributed by atoms with Crippen molar-refractivity contribution in [1.29, 1.82) is 0 Å². The number of esters is 1. The highest BCUT2D eigenvalue weighted by molar-refractivity contribution is 8.01. The van der Waals surface area contributed by atoms with Gasteiger partial charge in [-0.1, -0.05) is 11.8 Å². The quantitative estimate of drug-likeness (QED) is 0.486. The number of nitro groups is 1. The van der Waals surface area contributed by atoms with Crippen LogP contribution in [0.3, 0.4) is 0 Å². The van der Waals surface area contributed by atoms with Crippen LogP contribution >= 0.6 is 23.3 Å². The number of hydrogen-bond donors (Lipinski definition) is 0. The van der Waals surface area contributed by atoms with Crippen molar-refractivity contribution in [3.63, 3.8) is 0 Å². The van der Waals surface area contributed by atoms with Gasteiger partial charge in [0, 0.05) is 6.07 Å². The van der Waals surface area contributed by atoms with Gasteiger partial charge in [0.15, 0.2) is 4.34 Å². The molecule has 0 saturated heterocycles. The lowest BCUT2D eigenvalue weighted by molar-refractivity contribution is -0.387. The molecule has 0 amide bonds. The SMILES string of the molecule is COC(=O)c1ccc([N+](=O)[O-])c(Sc2nc(C)ns2)c1. The van der Waals surface area contributed by atoms with Gasteiger partial charge in [0.1, 0.15) is 5.82 Å². The normalized spacial score (nSPS) is 10.3. The van der Waals surface area contributed by atoms with Crippen molar-refractivity contribution in [3.05, 3.63) is 39.7 Å². The van der Waals surface area contributed by atoms with Crippen LogP contribution in [0.2, 0.25) is 0 Å². The lowest BCUT2D eigenvalue weighted by Gasteiger charge is -2.03. The fourth-order valence-electron chi connectivity index (χ4n) is 1.41. The van der Waals surface area contributed by atoms with Gasteiger partial charge in [0.2, 0.25) is 0 Å². The summed E-state index contributed by atoms with van der Waals surface area (Å²) >= 11 is 2.25. The molecule has 0 atom stereocenters. The van der Waals surface area contributed by atoms with Gasteiger partial charge in [0.05, 0.1) is 22.5 Å². The molecule has 2 aromatic rings. The van der Waals surface area contributed by atoms with Crippen molar-refractivity contribution in [3.8, 4) is 0 Å². The molecule has 2 rings (SSSR count). The molecule has 0 unspecified atom stereocenters. The van der Waals surface area contributed by atoms with Gasteiger partial charge in [-0.25, -0.2) is 9.78 Å². The summed E-state index contributed by atoms with van der Waals surface area (Å²) in [5.74, 6) is 0.0551. The number of benzene rings is 1. The number of aryl methyl sites for hydroxylation is 1. The number of hydrogen-bond acceptors (Lipinski definition) is 8. The van der Waals surface area contributed by atoms with E-state index in [1.807, 2.05) is 0 Å². The highest BCUT2D eigenvalue weighted by Crippen LogP contribution is 2.36. The molecular weight excluding hydrogens is 302 g/mol. The van der Waals surface area contributed by atoms with E-state index < -0.39 is 10.9 Å². The molecule has 9 heteroatoms. The molecule has 0 aliphatic carbocycles. The maximum Gasteiger partial charge on any atom is 0.337 e. The van der Waals surface area contributed by atoms with Crippen LogP contribution in [0.15, 0.2) is 27.4 Å². The Morgan fingerprint density at radius 1 is 1.50 bits per heavy atom. The van der Waals surface area contributed by atoms with E-state index >= 15 is 0 Å². The third-order valence-electron chi connectivity index (χ3n) is 2.28. The Kier molecular flexibility index (Phi) is 4.30. The Morgan fingerprint density at radius 2 is 2.25 bits per heavy atom. The molecule has 20 heavy (non-hydrogen) atoms. The Bertz CT molecular complexity index is 671. The van der Waals surface area contributed by atoms with Gasteiger partial charge in [0.25, 0.3) is 5.69 Å². The second-order valence-corrected chi connectivity index (χ2v) is 5.68. The third-order valence-corrected chi connectivity index (χ3v) is 4.17. The number of aromatic nitrogens is 2.